The number of piperidine rings is 1. The number of aliphatic carboxylic acids is 1. The monoisotopic (exact) mass is 393 g/mol. The largest absolute Gasteiger partial charge is 0.481 e. The minimum atomic E-state index is -0.676. The van der Waals surface area contributed by atoms with Gasteiger partial charge in [-0.05, 0) is 59.9 Å². The molecule has 2 heterocycles. The van der Waals surface area contributed by atoms with Crippen molar-refractivity contribution in [1.82, 2.24) is 4.90 Å². The maximum atomic E-state index is 11.4. The van der Waals surface area contributed by atoms with Gasteiger partial charge in [0.2, 0.25) is 0 Å². The molecule has 1 aromatic carbocycles. The molecule has 3 nitrogen and oxygen atoms in total. The number of likely N-dealkylation sites (tertiary alicyclic amines) is 1. The minimum Gasteiger partial charge on any atom is -0.481 e. The maximum Gasteiger partial charge on any atom is 0.307 e. The van der Waals surface area contributed by atoms with Gasteiger partial charge in [-0.25, -0.2) is 0 Å². The van der Waals surface area contributed by atoms with E-state index in [-0.39, 0.29) is 12.0 Å². The molecule has 5 heteroatoms. The van der Waals surface area contributed by atoms with Crippen LogP contribution in [0.15, 0.2) is 40.2 Å². The Morgan fingerprint density at radius 3 is 2.65 bits per heavy atom. The van der Waals surface area contributed by atoms with Gasteiger partial charge in [-0.1, -0.05) is 29.8 Å². The van der Waals surface area contributed by atoms with E-state index in [9.17, 15) is 9.90 Å². The smallest absolute Gasteiger partial charge is 0.307 e. The van der Waals surface area contributed by atoms with E-state index >= 15 is 0 Å². The predicted molar refractivity (Wildman–Crippen MR) is 97.0 cm³/mol. The summed E-state index contributed by atoms with van der Waals surface area (Å²) in [7, 11) is 0. The fourth-order valence-corrected chi connectivity index (χ4v) is 4.81. The van der Waals surface area contributed by atoms with Gasteiger partial charge in [0.1, 0.15) is 0 Å². The molecule has 0 spiro atoms. The summed E-state index contributed by atoms with van der Waals surface area (Å²) in [5, 5.41) is 9.39. The molecule has 3 rings (SSSR count). The van der Waals surface area contributed by atoms with Crippen LogP contribution in [0.4, 0.5) is 0 Å². The van der Waals surface area contributed by atoms with Gasteiger partial charge >= 0.3 is 5.97 Å². The summed E-state index contributed by atoms with van der Waals surface area (Å²) in [5.41, 5.74) is 2.47. The lowest BCUT2D eigenvalue weighted by Gasteiger charge is -2.37. The zero-order chi connectivity index (χ0) is 16.4. The van der Waals surface area contributed by atoms with Gasteiger partial charge in [-0.3, -0.25) is 9.69 Å². The van der Waals surface area contributed by atoms with E-state index in [0.717, 1.165) is 23.2 Å². The molecular weight excluding hydrogens is 374 g/mol. The van der Waals surface area contributed by atoms with Crippen molar-refractivity contribution in [2.45, 2.75) is 25.8 Å². The highest BCUT2D eigenvalue weighted by Gasteiger charge is 2.31. The molecule has 1 fully saturated rings. The summed E-state index contributed by atoms with van der Waals surface area (Å²) in [6.45, 7) is 3.64. The van der Waals surface area contributed by atoms with Crippen LogP contribution in [-0.4, -0.2) is 29.1 Å². The zero-order valence-electron chi connectivity index (χ0n) is 13.0. The van der Waals surface area contributed by atoms with Gasteiger partial charge in [0, 0.05) is 11.4 Å². The summed E-state index contributed by atoms with van der Waals surface area (Å²) >= 11 is 5.28. The highest BCUT2D eigenvalue weighted by atomic mass is 79.9. The van der Waals surface area contributed by atoms with E-state index in [1.807, 2.05) is 0 Å². The molecule has 0 saturated carbocycles. The van der Waals surface area contributed by atoms with E-state index in [2.05, 4.69) is 64.2 Å². The first-order valence-corrected chi connectivity index (χ1v) is 9.44. The van der Waals surface area contributed by atoms with Gasteiger partial charge in [-0.2, -0.15) is 0 Å². The van der Waals surface area contributed by atoms with E-state index < -0.39 is 5.97 Å². The number of thiophene rings is 1. The second kappa shape index (κ2) is 7.16. The van der Waals surface area contributed by atoms with Gasteiger partial charge in [0.25, 0.3) is 0 Å². The van der Waals surface area contributed by atoms with Crippen LogP contribution in [0.1, 0.15) is 34.9 Å². The average Bonchev–Trinajstić information content (AvgIpc) is 2.96. The highest BCUT2D eigenvalue weighted by molar-refractivity contribution is 9.11. The minimum absolute atomic E-state index is 0.133. The van der Waals surface area contributed by atoms with Crippen molar-refractivity contribution in [2.75, 3.05) is 13.1 Å². The van der Waals surface area contributed by atoms with Crippen molar-refractivity contribution < 1.29 is 9.90 Å². The van der Waals surface area contributed by atoms with Crippen LogP contribution >= 0.6 is 27.3 Å². The molecule has 0 bridgehead atoms. The lowest BCUT2D eigenvalue weighted by Crippen LogP contribution is -2.41. The molecule has 2 aromatic rings. The van der Waals surface area contributed by atoms with Crippen LogP contribution in [0.25, 0.3) is 0 Å². The lowest BCUT2D eigenvalue weighted by molar-refractivity contribution is -0.143. The summed E-state index contributed by atoms with van der Waals surface area (Å²) in [6.07, 6.45) is 1.71. The number of hydrogen-bond donors (Lipinski definition) is 1. The summed E-state index contributed by atoms with van der Waals surface area (Å²) in [6, 6.07) is 12.9. The van der Waals surface area contributed by atoms with Crippen LogP contribution in [0.2, 0.25) is 0 Å². The average molecular weight is 394 g/mol. The Bertz CT molecular complexity index is 683. The molecule has 0 amide bonds. The van der Waals surface area contributed by atoms with Gasteiger partial charge in [0.05, 0.1) is 15.7 Å². The second-order valence-electron chi connectivity index (χ2n) is 6.13. The topological polar surface area (TPSA) is 40.5 Å². The fourth-order valence-electron chi connectivity index (χ4n) is 3.22. The Morgan fingerprint density at radius 2 is 2.04 bits per heavy atom. The quantitative estimate of drug-likeness (QED) is 0.817. The van der Waals surface area contributed by atoms with Crippen LogP contribution in [0.3, 0.4) is 0 Å². The number of rotatable bonds is 4. The normalized spacial score (nSPS) is 20.3. The maximum absolute atomic E-state index is 11.4. The van der Waals surface area contributed by atoms with Crippen molar-refractivity contribution in [3.63, 3.8) is 0 Å². The third kappa shape index (κ3) is 3.84. The zero-order valence-corrected chi connectivity index (χ0v) is 15.4. The standard InChI is InChI=1S/C18H20BrNO2S/c1-12-4-6-13(7-5-12)17(15-8-9-16(19)23-15)20-10-2-3-14(11-20)18(21)22/h4-9,14,17H,2-3,10-11H2,1H3,(H,21,22). The molecule has 2 unspecified atom stereocenters. The molecule has 122 valence electrons. The molecule has 1 saturated heterocycles. The van der Waals surface area contributed by atoms with E-state index in [1.54, 1.807) is 11.3 Å². The third-order valence-electron chi connectivity index (χ3n) is 4.42. The summed E-state index contributed by atoms with van der Waals surface area (Å²) in [4.78, 5) is 15.0. The Labute approximate surface area is 149 Å². The number of hydrogen-bond acceptors (Lipinski definition) is 3. The molecule has 23 heavy (non-hydrogen) atoms. The number of halogens is 1. The van der Waals surface area contributed by atoms with Crippen LogP contribution in [-0.2, 0) is 4.79 Å². The van der Waals surface area contributed by atoms with Crippen molar-refractivity contribution in [2.24, 2.45) is 5.92 Å². The fraction of sp³-hybridized carbons (Fsp3) is 0.389. The number of carboxylic acids is 1. The van der Waals surface area contributed by atoms with Crippen molar-refractivity contribution in [1.29, 1.82) is 0 Å². The van der Waals surface area contributed by atoms with E-state index in [4.69, 9.17) is 0 Å². The molecule has 1 aromatic heterocycles. The number of aryl methyl sites for hydroxylation is 1. The molecule has 1 N–H and O–H groups in total. The third-order valence-corrected chi connectivity index (χ3v) is 6.10. The molecule has 1 aliphatic heterocycles. The Kier molecular flexibility index (Phi) is 5.19. The van der Waals surface area contributed by atoms with Crippen LogP contribution in [0.5, 0.6) is 0 Å². The highest BCUT2D eigenvalue weighted by Crippen LogP contribution is 2.37. The Morgan fingerprint density at radius 1 is 1.30 bits per heavy atom. The second-order valence-corrected chi connectivity index (χ2v) is 8.62. The van der Waals surface area contributed by atoms with Crippen molar-refractivity contribution in [3.05, 3.63) is 56.2 Å². The molecular formula is C18H20BrNO2S. The molecule has 0 aliphatic carbocycles. The van der Waals surface area contributed by atoms with Gasteiger partial charge in [0.15, 0.2) is 0 Å². The first-order chi connectivity index (χ1) is 11.0. The van der Waals surface area contributed by atoms with Crippen molar-refractivity contribution >= 4 is 33.2 Å². The van der Waals surface area contributed by atoms with E-state index in [1.165, 1.54) is 16.0 Å². The Hall–Kier alpha value is -1.17. The lowest BCUT2D eigenvalue weighted by atomic mass is 9.94. The molecule has 1 aliphatic rings. The van der Waals surface area contributed by atoms with E-state index in [0.29, 0.717) is 6.54 Å². The van der Waals surface area contributed by atoms with Gasteiger partial charge in [-0.15, -0.1) is 11.3 Å². The number of carboxylic acid groups (broad SMARTS) is 1. The van der Waals surface area contributed by atoms with Crippen LogP contribution in [0, 0.1) is 12.8 Å². The predicted octanol–water partition coefficient (Wildman–Crippen LogP) is 4.71. The summed E-state index contributed by atoms with van der Waals surface area (Å²) < 4.78 is 1.11. The molecule has 0 radical (unpaired) electrons. The van der Waals surface area contributed by atoms with Crippen molar-refractivity contribution in [3.8, 4) is 0 Å². The van der Waals surface area contributed by atoms with Gasteiger partial charge < -0.3 is 5.11 Å². The molecule has 2 atom stereocenters. The first kappa shape index (κ1) is 16.7. The number of carbonyl (C=O) groups is 1. The first-order valence-electron chi connectivity index (χ1n) is 7.83. The number of benzene rings is 1. The number of nitrogens with zero attached hydrogens (tertiary/aromatic N) is 1. The Balaban J connectivity index is 1.94. The van der Waals surface area contributed by atoms with Crippen LogP contribution < -0.4 is 0 Å². The SMILES string of the molecule is Cc1ccc(C(c2ccc(Br)s2)N2CCCC(C(=O)O)C2)cc1. The summed E-state index contributed by atoms with van der Waals surface area (Å²) in [5.74, 6) is -0.940.